The van der Waals surface area contributed by atoms with Crippen molar-refractivity contribution in [3.8, 4) is 0 Å². The minimum atomic E-state index is -0.528. The summed E-state index contributed by atoms with van der Waals surface area (Å²) in [6, 6.07) is 3.62. The SMILES string of the molecule is CCCC(CCC)C(N)Cc1cc(F)cc(F)c1. The number of rotatable bonds is 7. The monoisotopic (exact) mass is 255 g/mol. The van der Waals surface area contributed by atoms with Crippen LogP contribution in [0.2, 0.25) is 0 Å². The van der Waals surface area contributed by atoms with Gasteiger partial charge in [-0.3, -0.25) is 0 Å². The molecule has 0 heterocycles. The summed E-state index contributed by atoms with van der Waals surface area (Å²) < 4.78 is 26.2. The van der Waals surface area contributed by atoms with Gasteiger partial charge in [-0.2, -0.15) is 0 Å². The summed E-state index contributed by atoms with van der Waals surface area (Å²) in [7, 11) is 0. The molecule has 1 unspecified atom stereocenters. The van der Waals surface area contributed by atoms with Gasteiger partial charge in [-0.05, 0) is 42.9 Å². The summed E-state index contributed by atoms with van der Waals surface area (Å²) in [4.78, 5) is 0. The Hall–Kier alpha value is -0.960. The predicted octanol–water partition coefficient (Wildman–Crippen LogP) is 4.05. The molecule has 0 fully saturated rings. The molecule has 1 nitrogen and oxygen atoms in total. The van der Waals surface area contributed by atoms with Crippen LogP contribution in [0, 0.1) is 17.6 Å². The standard InChI is InChI=1S/C15H23F2N/c1-3-5-12(6-4-2)15(18)9-11-7-13(16)10-14(17)8-11/h7-8,10,12,15H,3-6,9,18H2,1-2H3. The molecule has 1 aromatic carbocycles. The van der Waals surface area contributed by atoms with Gasteiger partial charge in [0.2, 0.25) is 0 Å². The second kappa shape index (κ2) is 7.47. The van der Waals surface area contributed by atoms with Crippen LogP contribution in [0.4, 0.5) is 8.78 Å². The number of halogens is 2. The van der Waals surface area contributed by atoms with Gasteiger partial charge in [-0.1, -0.05) is 26.7 Å². The molecule has 2 N–H and O–H groups in total. The van der Waals surface area contributed by atoms with Crippen LogP contribution < -0.4 is 5.73 Å². The van der Waals surface area contributed by atoms with Gasteiger partial charge >= 0.3 is 0 Å². The van der Waals surface area contributed by atoms with Gasteiger partial charge in [0.05, 0.1) is 0 Å². The summed E-state index contributed by atoms with van der Waals surface area (Å²) in [6.45, 7) is 4.27. The van der Waals surface area contributed by atoms with Crippen LogP contribution in [0.5, 0.6) is 0 Å². The van der Waals surface area contributed by atoms with Crippen molar-refractivity contribution in [1.29, 1.82) is 0 Å². The third kappa shape index (κ3) is 4.73. The van der Waals surface area contributed by atoms with Crippen LogP contribution >= 0.6 is 0 Å². The average molecular weight is 255 g/mol. The highest BCUT2D eigenvalue weighted by Crippen LogP contribution is 2.20. The van der Waals surface area contributed by atoms with Crippen molar-refractivity contribution in [2.45, 2.75) is 52.0 Å². The molecular weight excluding hydrogens is 232 g/mol. The molecule has 0 radical (unpaired) electrons. The molecule has 0 aliphatic rings. The quantitative estimate of drug-likeness (QED) is 0.781. The molecule has 3 heteroatoms. The van der Waals surface area contributed by atoms with Gasteiger partial charge in [0.1, 0.15) is 11.6 Å². The Morgan fingerprint density at radius 3 is 1.94 bits per heavy atom. The lowest BCUT2D eigenvalue weighted by atomic mass is 9.87. The summed E-state index contributed by atoms with van der Waals surface area (Å²) in [5.74, 6) is -0.620. The smallest absolute Gasteiger partial charge is 0.126 e. The lowest BCUT2D eigenvalue weighted by Gasteiger charge is -2.23. The molecule has 18 heavy (non-hydrogen) atoms. The van der Waals surface area contributed by atoms with Crippen molar-refractivity contribution in [1.82, 2.24) is 0 Å². The minimum absolute atomic E-state index is 0.0221. The van der Waals surface area contributed by atoms with E-state index >= 15 is 0 Å². The molecule has 1 aromatic rings. The van der Waals surface area contributed by atoms with Crippen molar-refractivity contribution in [3.63, 3.8) is 0 Å². The molecule has 1 atom stereocenters. The predicted molar refractivity (Wildman–Crippen MR) is 71.3 cm³/mol. The van der Waals surface area contributed by atoms with Crippen LogP contribution in [-0.4, -0.2) is 6.04 Å². The summed E-state index contributed by atoms with van der Waals surface area (Å²) >= 11 is 0. The van der Waals surface area contributed by atoms with E-state index in [9.17, 15) is 8.78 Å². The van der Waals surface area contributed by atoms with Crippen LogP contribution in [0.25, 0.3) is 0 Å². The molecule has 0 amide bonds. The molecule has 1 rings (SSSR count). The van der Waals surface area contributed by atoms with E-state index in [-0.39, 0.29) is 6.04 Å². The van der Waals surface area contributed by atoms with Crippen molar-refractivity contribution in [2.75, 3.05) is 0 Å². The maximum absolute atomic E-state index is 13.1. The van der Waals surface area contributed by atoms with Crippen molar-refractivity contribution < 1.29 is 8.78 Å². The van der Waals surface area contributed by atoms with E-state index in [1.54, 1.807) is 0 Å². The molecule has 0 aliphatic carbocycles. The topological polar surface area (TPSA) is 26.0 Å². The normalized spacial score (nSPS) is 13.0. The van der Waals surface area contributed by atoms with Crippen LogP contribution in [0.15, 0.2) is 18.2 Å². The fourth-order valence-electron chi connectivity index (χ4n) is 2.48. The van der Waals surface area contributed by atoms with Crippen molar-refractivity contribution in [3.05, 3.63) is 35.4 Å². The Morgan fingerprint density at radius 1 is 1.00 bits per heavy atom. The maximum Gasteiger partial charge on any atom is 0.126 e. The Bertz CT molecular complexity index is 339. The fraction of sp³-hybridized carbons (Fsp3) is 0.600. The van der Waals surface area contributed by atoms with E-state index in [2.05, 4.69) is 13.8 Å². The van der Waals surface area contributed by atoms with E-state index in [4.69, 9.17) is 5.73 Å². The van der Waals surface area contributed by atoms with Gasteiger partial charge in [0, 0.05) is 12.1 Å². The Morgan fingerprint density at radius 2 is 1.50 bits per heavy atom. The van der Waals surface area contributed by atoms with E-state index in [1.807, 2.05) is 0 Å². The number of nitrogens with two attached hydrogens (primary N) is 1. The summed E-state index contributed by atoms with van der Waals surface area (Å²) in [6.07, 6.45) is 4.88. The third-order valence-electron chi connectivity index (χ3n) is 3.32. The maximum atomic E-state index is 13.1. The van der Waals surface area contributed by atoms with E-state index in [0.717, 1.165) is 31.7 Å². The average Bonchev–Trinajstić information content (AvgIpc) is 2.27. The van der Waals surface area contributed by atoms with Crippen molar-refractivity contribution in [2.24, 2.45) is 11.7 Å². The van der Waals surface area contributed by atoms with Gasteiger partial charge in [-0.15, -0.1) is 0 Å². The highest BCUT2D eigenvalue weighted by atomic mass is 19.1. The summed E-state index contributed by atoms with van der Waals surface area (Å²) in [5, 5.41) is 0. The van der Waals surface area contributed by atoms with Crippen LogP contribution in [0.3, 0.4) is 0 Å². The largest absolute Gasteiger partial charge is 0.327 e. The van der Waals surface area contributed by atoms with E-state index in [1.165, 1.54) is 12.1 Å². The molecule has 0 aliphatic heterocycles. The zero-order valence-corrected chi connectivity index (χ0v) is 11.3. The molecule has 0 bridgehead atoms. The van der Waals surface area contributed by atoms with Crippen LogP contribution in [0.1, 0.15) is 45.1 Å². The Labute approximate surface area is 108 Å². The van der Waals surface area contributed by atoms with Gasteiger partial charge < -0.3 is 5.73 Å². The van der Waals surface area contributed by atoms with Gasteiger partial charge in [0.25, 0.3) is 0 Å². The molecule has 0 aromatic heterocycles. The molecule has 0 saturated carbocycles. The second-order valence-corrected chi connectivity index (χ2v) is 4.98. The first-order valence-electron chi connectivity index (χ1n) is 6.77. The van der Waals surface area contributed by atoms with Crippen molar-refractivity contribution >= 4 is 0 Å². The first-order chi connectivity index (χ1) is 8.56. The molecular formula is C15H23F2N. The number of hydrogen-bond donors (Lipinski definition) is 1. The zero-order valence-electron chi connectivity index (χ0n) is 11.3. The van der Waals surface area contributed by atoms with Crippen LogP contribution in [-0.2, 0) is 6.42 Å². The van der Waals surface area contributed by atoms with E-state index < -0.39 is 11.6 Å². The minimum Gasteiger partial charge on any atom is -0.327 e. The molecule has 0 saturated heterocycles. The first-order valence-corrected chi connectivity index (χ1v) is 6.77. The lowest BCUT2D eigenvalue weighted by Crippen LogP contribution is -2.32. The summed E-state index contributed by atoms with van der Waals surface area (Å²) in [5.41, 5.74) is 6.83. The zero-order chi connectivity index (χ0) is 13.5. The lowest BCUT2D eigenvalue weighted by molar-refractivity contribution is 0.359. The molecule has 102 valence electrons. The number of hydrogen-bond acceptors (Lipinski definition) is 1. The fourth-order valence-corrected chi connectivity index (χ4v) is 2.48. The third-order valence-corrected chi connectivity index (χ3v) is 3.32. The van der Waals surface area contributed by atoms with Gasteiger partial charge in [-0.25, -0.2) is 8.78 Å². The first kappa shape index (κ1) is 15.1. The highest BCUT2D eigenvalue weighted by Gasteiger charge is 2.17. The Kier molecular flexibility index (Phi) is 6.27. The highest BCUT2D eigenvalue weighted by molar-refractivity contribution is 5.19. The van der Waals surface area contributed by atoms with E-state index in [0.29, 0.717) is 17.9 Å². The molecule has 0 spiro atoms. The van der Waals surface area contributed by atoms with Gasteiger partial charge in [0.15, 0.2) is 0 Å². The Balaban J connectivity index is 2.68. The number of benzene rings is 1. The second-order valence-electron chi connectivity index (χ2n) is 4.98.